The van der Waals surface area contributed by atoms with Gasteiger partial charge in [-0.05, 0) is 36.0 Å². The predicted octanol–water partition coefficient (Wildman–Crippen LogP) is 2.20. The standard InChI is InChI=1S/C16H25NO2S/c1-16(2,3)12-4-8-15(9-5-12)20(19)11-14(18)10-17-13-6-7-13/h4-5,8-9,13-14,17-18H,6-7,10-11H2,1-3H3. The van der Waals surface area contributed by atoms with E-state index in [1.807, 2.05) is 24.3 Å². The Hall–Kier alpha value is -0.710. The van der Waals surface area contributed by atoms with Gasteiger partial charge < -0.3 is 10.4 Å². The normalized spacial score (nSPS) is 18.8. The topological polar surface area (TPSA) is 49.3 Å². The molecule has 0 saturated heterocycles. The lowest BCUT2D eigenvalue weighted by atomic mass is 9.87. The van der Waals surface area contributed by atoms with Crippen LogP contribution in [0.5, 0.6) is 0 Å². The van der Waals surface area contributed by atoms with Crippen LogP contribution in [0.1, 0.15) is 39.2 Å². The Labute approximate surface area is 124 Å². The summed E-state index contributed by atoms with van der Waals surface area (Å²) in [6, 6.07) is 8.46. The van der Waals surface area contributed by atoms with Crippen LogP contribution in [-0.4, -0.2) is 33.8 Å². The van der Waals surface area contributed by atoms with E-state index in [4.69, 9.17) is 0 Å². The minimum Gasteiger partial charge on any atom is -0.391 e. The maximum Gasteiger partial charge on any atom is 0.0783 e. The third-order valence-electron chi connectivity index (χ3n) is 3.55. The van der Waals surface area contributed by atoms with Gasteiger partial charge in [0, 0.05) is 17.5 Å². The number of aliphatic hydroxyl groups excluding tert-OH is 1. The van der Waals surface area contributed by atoms with Gasteiger partial charge in [0.05, 0.1) is 22.7 Å². The molecule has 0 amide bonds. The van der Waals surface area contributed by atoms with Crippen molar-refractivity contribution in [1.82, 2.24) is 5.32 Å². The first kappa shape index (κ1) is 15.7. The first-order chi connectivity index (χ1) is 9.36. The van der Waals surface area contributed by atoms with Gasteiger partial charge in [0.1, 0.15) is 0 Å². The fourth-order valence-corrected chi connectivity index (χ4v) is 3.13. The largest absolute Gasteiger partial charge is 0.391 e. The number of benzene rings is 1. The Morgan fingerprint density at radius 1 is 1.30 bits per heavy atom. The van der Waals surface area contributed by atoms with Crippen LogP contribution in [0.25, 0.3) is 0 Å². The zero-order valence-electron chi connectivity index (χ0n) is 12.6. The molecule has 0 spiro atoms. The molecule has 0 bridgehead atoms. The van der Waals surface area contributed by atoms with Crippen molar-refractivity contribution in [2.75, 3.05) is 12.3 Å². The van der Waals surface area contributed by atoms with E-state index >= 15 is 0 Å². The molecule has 112 valence electrons. The third kappa shape index (κ3) is 4.69. The minimum atomic E-state index is -1.13. The van der Waals surface area contributed by atoms with Crippen LogP contribution < -0.4 is 5.32 Å². The number of hydrogen-bond donors (Lipinski definition) is 2. The van der Waals surface area contributed by atoms with E-state index in [0.29, 0.717) is 18.3 Å². The van der Waals surface area contributed by atoms with E-state index in [1.165, 1.54) is 18.4 Å². The van der Waals surface area contributed by atoms with Crippen molar-refractivity contribution >= 4 is 10.8 Å². The van der Waals surface area contributed by atoms with Crippen LogP contribution in [0.3, 0.4) is 0 Å². The highest BCUT2D eigenvalue weighted by molar-refractivity contribution is 7.85. The molecular weight excluding hydrogens is 270 g/mol. The van der Waals surface area contributed by atoms with Crippen LogP contribution in [-0.2, 0) is 16.2 Å². The molecule has 2 rings (SSSR count). The molecule has 0 radical (unpaired) electrons. The summed E-state index contributed by atoms with van der Waals surface area (Å²) in [4.78, 5) is 0.795. The molecule has 1 aliphatic rings. The van der Waals surface area contributed by atoms with Crippen LogP contribution in [0.4, 0.5) is 0 Å². The summed E-state index contributed by atoms with van der Waals surface area (Å²) >= 11 is 0. The van der Waals surface area contributed by atoms with Gasteiger partial charge in [-0.2, -0.15) is 0 Å². The molecule has 2 N–H and O–H groups in total. The van der Waals surface area contributed by atoms with E-state index in [9.17, 15) is 9.32 Å². The van der Waals surface area contributed by atoms with Gasteiger partial charge >= 0.3 is 0 Å². The number of aliphatic hydroxyl groups is 1. The number of nitrogens with one attached hydrogen (secondary N) is 1. The molecule has 1 aromatic rings. The quantitative estimate of drug-likeness (QED) is 0.846. The fourth-order valence-electron chi connectivity index (χ4n) is 2.03. The summed E-state index contributed by atoms with van der Waals surface area (Å²) in [5, 5.41) is 13.1. The van der Waals surface area contributed by atoms with Gasteiger partial charge in [0.2, 0.25) is 0 Å². The zero-order valence-corrected chi connectivity index (χ0v) is 13.4. The first-order valence-electron chi connectivity index (χ1n) is 7.26. The van der Waals surface area contributed by atoms with E-state index < -0.39 is 16.9 Å². The van der Waals surface area contributed by atoms with Crippen molar-refractivity contribution in [1.29, 1.82) is 0 Å². The summed E-state index contributed by atoms with van der Waals surface area (Å²) in [5.41, 5.74) is 1.34. The summed E-state index contributed by atoms with van der Waals surface area (Å²) in [5.74, 6) is 0.300. The van der Waals surface area contributed by atoms with Crippen molar-refractivity contribution in [3.8, 4) is 0 Å². The van der Waals surface area contributed by atoms with Crippen molar-refractivity contribution in [2.45, 2.75) is 56.1 Å². The van der Waals surface area contributed by atoms with Gasteiger partial charge in [0.15, 0.2) is 0 Å². The second-order valence-electron chi connectivity index (χ2n) is 6.62. The molecule has 0 heterocycles. The molecule has 1 aromatic carbocycles. The molecule has 4 heteroatoms. The third-order valence-corrected chi connectivity index (χ3v) is 5.03. The number of hydrogen-bond acceptors (Lipinski definition) is 3. The lowest BCUT2D eigenvalue weighted by Gasteiger charge is -2.19. The van der Waals surface area contributed by atoms with E-state index in [1.54, 1.807) is 0 Å². The van der Waals surface area contributed by atoms with Gasteiger partial charge in [-0.1, -0.05) is 32.9 Å². The molecule has 2 unspecified atom stereocenters. The highest BCUT2D eigenvalue weighted by Crippen LogP contribution is 2.23. The average molecular weight is 295 g/mol. The molecule has 1 aliphatic carbocycles. The number of rotatable bonds is 6. The van der Waals surface area contributed by atoms with Crippen molar-refractivity contribution in [2.24, 2.45) is 0 Å². The molecule has 2 atom stereocenters. The molecule has 0 aliphatic heterocycles. The summed E-state index contributed by atoms with van der Waals surface area (Å²) in [6.07, 6.45) is 1.85. The minimum absolute atomic E-state index is 0.105. The second kappa shape index (κ2) is 6.37. The van der Waals surface area contributed by atoms with Crippen LogP contribution in [0.15, 0.2) is 29.2 Å². The van der Waals surface area contributed by atoms with Gasteiger partial charge in [-0.3, -0.25) is 4.21 Å². The Morgan fingerprint density at radius 3 is 2.40 bits per heavy atom. The van der Waals surface area contributed by atoms with Gasteiger partial charge in [0.25, 0.3) is 0 Å². The Kier molecular flexibility index (Phi) is 4.99. The second-order valence-corrected chi connectivity index (χ2v) is 8.12. The van der Waals surface area contributed by atoms with E-state index in [2.05, 4.69) is 26.1 Å². The Balaban J connectivity index is 1.87. The highest BCUT2D eigenvalue weighted by atomic mass is 32.2. The van der Waals surface area contributed by atoms with Crippen molar-refractivity contribution in [3.05, 3.63) is 29.8 Å². The summed E-state index contributed by atoms with van der Waals surface area (Å²) in [7, 11) is -1.13. The lowest BCUT2D eigenvalue weighted by Crippen LogP contribution is -2.32. The molecule has 0 aromatic heterocycles. The van der Waals surface area contributed by atoms with Crippen molar-refractivity contribution in [3.63, 3.8) is 0 Å². The lowest BCUT2D eigenvalue weighted by molar-refractivity contribution is 0.194. The monoisotopic (exact) mass is 295 g/mol. The SMILES string of the molecule is CC(C)(C)c1ccc(S(=O)CC(O)CNC2CC2)cc1. The molecule has 3 nitrogen and oxygen atoms in total. The summed E-state index contributed by atoms with van der Waals surface area (Å²) < 4.78 is 12.2. The Morgan fingerprint density at radius 2 is 1.90 bits per heavy atom. The first-order valence-corrected chi connectivity index (χ1v) is 8.58. The van der Waals surface area contributed by atoms with Crippen LogP contribution in [0.2, 0.25) is 0 Å². The van der Waals surface area contributed by atoms with Crippen LogP contribution in [0, 0.1) is 0 Å². The van der Waals surface area contributed by atoms with E-state index in [-0.39, 0.29) is 5.41 Å². The highest BCUT2D eigenvalue weighted by Gasteiger charge is 2.22. The summed E-state index contributed by atoms with van der Waals surface area (Å²) in [6.45, 7) is 7.02. The van der Waals surface area contributed by atoms with Crippen LogP contribution >= 0.6 is 0 Å². The fraction of sp³-hybridized carbons (Fsp3) is 0.625. The van der Waals surface area contributed by atoms with Crippen molar-refractivity contribution < 1.29 is 9.32 Å². The Bertz CT molecular complexity index is 460. The van der Waals surface area contributed by atoms with Gasteiger partial charge in [-0.25, -0.2) is 0 Å². The van der Waals surface area contributed by atoms with E-state index in [0.717, 1.165) is 4.90 Å². The smallest absolute Gasteiger partial charge is 0.0783 e. The maximum absolute atomic E-state index is 12.2. The zero-order chi connectivity index (χ0) is 14.8. The van der Waals surface area contributed by atoms with Gasteiger partial charge in [-0.15, -0.1) is 0 Å². The average Bonchev–Trinajstić information content (AvgIpc) is 3.19. The molecular formula is C16H25NO2S. The maximum atomic E-state index is 12.2. The molecule has 1 fully saturated rings. The predicted molar refractivity (Wildman–Crippen MR) is 83.4 cm³/mol. The molecule has 1 saturated carbocycles. The molecule has 20 heavy (non-hydrogen) atoms.